The molecular formula is C49H30BF24NO3. The zero-order valence-electron chi connectivity index (χ0n) is 38.7. The smallest absolute Gasteiger partial charge is 0.416 e. The van der Waals surface area contributed by atoms with Crippen LogP contribution >= 0.6 is 0 Å². The summed E-state index contributed by atoms with van der Waals surface area (Å²) >= 11 is 0. The van der Waals surface area contributed by atoms with Crippen LogP contribution in [0.15, 0.2) is 128 Å². The van der Waals surface area contributed by atoms with Gasteiger partial charge in [-0.3, -0.25) is 4.79 Å². The van der Waals surface area contributed by atoms with Crippen LogP contribution in [-0.2, 0) is 60.7 Å². The molecule has 0 saturated heterocycles. The summed E-state index contributed by atoms with van der Waals surface area (Å²) in [6.45, 7) is 3.69. The summed E-state index contributed by atoms with van der Waals surface area (Å²) in [5.41, 5.74) is -29.2. The third-order valence-corrected chi connectivity index (χ3v) is 11.3. The Bertz CT molecular complexity index is 2710. The number of hydrogen-bond acceptors (Lipinski definition) is 3. The fourth-order valence-electron chi connectivity index (χ4n) is 8.01. The maximum atomic E-state index is 14.2. The summed E-state index contributed by atoms with van der Waals surface area (Å²) in [7, 11) is 0. The average Bonchev–Trinajstić information content (AvgIpc) is 3.29. The van der Waals surface area contributed by atoms with E-state index in [-0.39, 0.29) is 18.4 Å². The molecule has 0 atom stereocenters. The number of carbonyl (C=O) groups is 2. The van der Waals surface area contributed by atoms with E-state index in [9.17, 15) is 115 Å². The minimum atomic E-state index is -6.13. The highest BCUT2D eigenvalue weighted by Gasteiger charge is 2.47. The molecule has 0 saturated carbocycles. The van der Waals surface area contributed by atoms with Crippen LogP contribution < -0.4 is 26.4 Å². The molecule has 0 radical (unpaired) electrons. The highest BCUT2D eigenvalue weighted by Crippen LogP contribution is 2.41. The van der Waals surface area contributed by atoms with Gasteiger partial charge in [0.25, 0.3) is 5.69 Å². The number of pyridine rings is 1. The van der Waals surface area contributed by atoms with E-state index in [1.165, 1.54) is 0 Å². The molecule has 5 aromatic carbocycles. The van der Waals surface area contributed by atoms with Crippen molar-refractivity contribution in [2.75, 3.05) is 0 Å². The Morgan fingerprint density at radius 3 is 0.897 bits per heavy atom. The fourth-order valence-corrected chi connectivity index (χ4v) is 8.01. The number of carbonyl (C=O) groups excluding carboxylic acids is 2. The minimum Gasteiger partial charge on any atom is -0.455 e. The molecule has 6 aromatic rings. The zero-order chi connectivity index (χ0) is 59.2. The molecular weight excluding hydrogens is 1120 g/mol. The van der Waals surface area contributed by atoms with E-state index < -0.39 is 201 Å². The molecule has 0 aliphatic heterocycles. The van der Waals surface area contributed by atoms with E-state index in [0.29, 0.717) is 11.3 Å². The monoisotopic (exact) mass is 1150 g/mol. The molecule has 0 bridgehead atoms. The number of nitrogens with zero attached hydrogens (tertiary/aromatic N) is 1. The molecule has 78 heavy (non-hydrogen) atoms. The first-order valence-corrected chi connectivity index (χ1v) is 21.5. The maximum Gasteiger partial charge on any atom is 0.416 e. The Kier molecular flexibility index (Phi) is 17.0. The second-order valence-corrected chi connectivity index (χ2v) is 17.2. The standard InChI is InChI=1S/C32H12BF24.C17H18NO3/c34-25(35,36)13-1-14(26(37,38)39)6-21(5-13)33(22-7-15(27(40,41)42)2-16(8-22)28(43,44)45,23-9-17(29(46,47)48)3-18(10-23)30(49,50)51)24-11-19(31(52,53)54)4-20(12-24)32(55,56)57;1-13(2)21-17(20)15-10-6-7-11-18(15)12-16(19)14-8-4-3-5-9-14/h1-12H;3-11,13H,12H2,1-2H3/q-1;+1. The Morgan fingerprint density at radius 2 is 0.654 bits per heavy atom. The Morgan fingerprint density at radius 1 is 0.397 bits per heavy atom. The van der Waals surface area contributed by atoms with E-state index in [0.717, 1.165) is 0 Å². The molecule has 0 aliphatic carbocycles. The van der Waals surface area contributed by atoms with E-state index in [1.807, 2.05) is 18.2 Å². The fraction of sp³-hybridized carbons (Fsp3) is 0.245. The summed E-state index contributed by atoms with van der Waals surface area (Å²) in [4.78, 5) is 24.3. The van der Waals surface area contributed by atoms with Gasteiger partial charge in [-0.1, -0.05) is 78.9 Å². The van der Waals surface area contributed by atoms with Gasteiger partial charge in [-0.2, -0.15) is 132 Å². The Balaban J connectivity index is 0.000000443. The van der Waals surface area contributed by atoms with Gasteiger partial charge in [0.05, 0.1) is 50.6 Å². The van der Waals surface area contributed by atoms with Gasteiger partial charge in [-0.25, -0.2) is 4.79 Å². The van der Waals surface area contributed by atoms with Crippen LogP contribution in [0.3, 0.4) is 0 Å². The number of ether oxygens (including phenoxy) is 1. The minimum absolute atomic E-state index is 0.0506. The molecule has 0 N–H and O–H groups in total. The lowest BCUT2D eigenvalue weighted by molar-refractivity contribution is -0.685. The quantitative estimate of drug-likeness (QED) is 0.0477. The predicted octanol–water partition coefficient (Wildman–Crippen LogP) is 13.6. The average molecular weight is 1150 g/mol. The van der Waals surface area contributed by atoms with Crippen LogP contribution in [-0.4, -0.2) is 24.0 Å². The van der Waals surface area contributed by atoms with Crippen molar-refractivity contribution in [1.82, 2.24) is 0 Å². The molecule has 6 rings (SSSR count). The van der Waals surface area contributed by atoms with Crippen LogP contribution in [0.4, 0.5) is 105 Å². The first kappa shape index (κ1) is 61.6. The second kappa shape index (κ2) is 21.5. The number of halogens is 24. The molecule has 0 aliphatic rings. The summed E-state index contributed by atoms with van der Waals surface area (Å²) in [6.07, 6.45) is -53.3. The van der Waals surface area contributed by atoms with Crippen molar-refractivity contribution in [1.29, 1.82) is 0 Å². The van der Waals surface area contributed by atoms with Gasteiger partial charge in [0.1, 0.15) is 6.15 Å². The molecule has 0 unspecified atom stereocenters. The SMILES string of the molecule is CC(C)OC(=O)c1cccc[n+]1CC(=O)c1ccccc1.FC(F)(F)c1cc([B-](c2cc(C(F)(F)F)cc(C(F)(F)F)c2)(c2cc(C(F)(F)F)cc(C(F)(F)F)c2)c2cc(C(F)(F)F)cc(C(F)(F)F)c2)cc(C(F)(F)F)c1. The zero-order valence-corrected chi connectivity index (χ0v) is 38.7. The number of hydrogen-bond donors (Lipinski definition) is 0. The summed E-state index contributed by atoms with van der Waals surface area (Å²) in [5, 5.41) is 0. The van der Waals surface area contributed by atoms with Crippen molar-refractivity contribution in [2.24, 2.45) is 0 Å². The summed E-state index contributed by atoms with van der Waals surface area (Å²) < 4.78 is 348. The maximum absolute atomic E-state index is 14.2. The lowest BCUT2D eigenvalue weighted by Crippen LogP contribution is -2.75. The first-order chi connectivity index (χ1) is 35.3. The summed E-state index contributed by atoms with van der Waals surface area (Å²) in [6, 6.07) is 5.39. The van der Waals surface area contributed by atoms with Crippen LogP contribution in [0, 0.1) is 0 Å². The number of esters is 1. The lowest BCUT2D eigenvalue weighted by atomic mass is 9.12. The summed E-state index contributed by atoms with van der Waals surface area (Å²) in [5.74, 6) is -0.475. The van der Waals surface area contributed by atoms with Crippen molar-refractivity contribution in [3.05, 3.63) is 183 Å². The van der Waals surface area contributed by atoms with Gasteiger partial charge >= 0.3 is 55.4 Å². The third kappa shape index (κ3) is 14.5. The molecule has 0 spiro atoms. The van der Waals surface area contributed by atoms with E-state index >= 15 is 0 Å². The largest absolute Gasteiger partial charge is 0.455 e. The highest BCUT2D eigenvalue weighted by atomic mass is 19.4. The van der Waals surface area contributed by atoms with Gasteiger partial charge in [-0.15, -0.1) is 0 Å². The topological polar surface area (TPSA) is 47.2 Å². The lowest BCUT2D eigenvalue weighted by Gasteiger charge is -2.46. The molecule has 0 amide bonds. The number of alkyl halides is 24. The number of ketones is 1. The van der Waals surface area contributed by atoms with Crippen LogP contribution in [0.2, 0.25) is 0 Å². The van der Waals surface area contributed by atoms with Gasteiger partial charge in [0, 0.05) is 17.7 Å². The van der Waals surface area contributed by atoms with E-state index in [2.05, 4.69) is 0 Å². The van der Waals surface area contributed by atoms with Gasteiger partial charge in [0.2, 0.25) is 12.3 Å². The van der Waals surface area contributed by atoms with Crippen molar-refractivity contribution in [3.8, 4) is 0 Å². The number of benzene rings is 5. The van der Waals surface area contributed by atoms with Gasteiger partial charge < -0.3 is 4.74 Å². The van der Waals surface area contributed by atoms with E-state index in [1.54, 1.807) is 54.9 Å². The number of rotatable bonds is 9. The molecule has 1 heterocycles. The van der Waals surface area contributed by atoms with Crippen molar-refractivity contribution in [3.63, 3.8) is 0 Å². The second-order valence-electron chi connectivity index (χ2n) is 17.2. The normalized spacial score (nSPS) is 13.3. The Hall–Kier alpha value is -7.23. The van der Waals surface area contributed by atoms with Crippen molar-refractivity contribution in [2.45, 2.75) is 75.9 Å². The molecule has 4 nitrogen and oxygen atoms in total. The number of aromatic nitrogens is 1. The van der Waals surface area contributed by atoms with Gasteiger partial charge in [-0.05, 0) is 44.2 Å². The highest BCUT2D eigenvalue weighted by molar-refractivity contribution is 7.20. The van der Waals surface area contributed by atoms with Gasteiger partial charge in [0.15, 0.2) is 6.20 Å². The molecule has 420 valence electrons. The van der Waals surface area contributed by atoms with Crippen molar-refractivity contribution >= 4 is 39.7 Å². The van der Waals surface area contributed by atoms with Crippen molar-refractivity contribution < 1.29 is 124 Å². The predicted molar refractivity (Wildman–Crippen MR) is 228 cm³/mol. The first-order valence-electron chi connectivity index (χ1n) is 21.5. The van der Waals surface area contributed by atoms with Crippen LogP contribution in [0.25, 0.3) is 0 Å². The molecule has 29 heteroatoms. The Labute approximate surface area is 422 Å². The van der Waals surface area contributed by atoms with Crippen LogP contribution in [0.1, 0.15) is 79.2 Å². The van der Waals surface area contributed by atoms with E-state index in [4.69, 9.17) is 4.74 Å². The molecule has 0 fully saturated rings. The van der Waals surface area contributed by atoms with Crippen LogP contribution in [0.5, 0.6) is 0 Å². The number of Topliss-reactive ketones (excluding diaryl/α,β-unsaturated/α-hetero) is 1. The third-order valence-electron chi connectivity index (χ3n) is 11.3. The molecule has 1 aromatic heterocycles.